The van der Waals surface area contributed by atoms with Crippen LogP contribution in [0.1, 0.15) is 34.2 Å². The highest BCUT2D eigenvalue weighted by Crippen LogP contribution is 2.36. The van der Waals surface area contributed by atoms with Crippen LogP contribution >= 0.6 is 11.8 Å². The van der Waals surface area contributed by atoms with Crippen LogP contribution in [0, 0.1) is 12.7 Å². The van der Waals surface area contributed by atoms with E-state index in [2.05, 4.69) is 15.5 Å². The first-order chi connectivity index (χ1) is 12.6. The van der Waals surface area contributed by atoms with Crippen molar-refractivity contribution in [1.82, 2.24) is 15.5 Å². The Balaban J connectivity index is 1.52. The van der Waals surface area contributed by atoms with E-state index in [9.17, 15) is 9.18 Å². The first kappa shape index (κ1) is 16.8. The highest BCUT2D eigenvalue weighted by molar-refractivity contribution is 7.99. The number of rotatable bonds is 3. The van der Waals surface area contributed by atoms with Gasteiger partial charge in [-0.1, -0.05) is 5.16 Å². The van der Waals surface area contributed by atoms with Crippen molar-refractivity contribution in [3.05, 3.63) is 65.2 Å². The smallest absolute Gasteiger partial charge is 0.257 e. The number of carbonyl (C=O) groups is 1. The average molecular weight is 369 g/mol. The molecule has 132 valence electrons. The molecule has 1 amide bonds. The molecule has 2 aromatic carbocycles. The summed E-state index contributed by atoms with van der Waals surface area (Å²) in [4.78, 5) is 17.8. The van der Waals surface area contributed by atoms with Gasteiger partial charge in [-0.25, -0.2) is 4.39 Å². The minimum absolute atomic E-state index is 0.187. The lowest BCUT2D eigenvalue weighted by molar-refractivity contribution is 0.0935. The van der Waals surface area contributed by atoms with Crippen molar-refractivity contribution in [2.75, 3.05) is 5.75 Å². The lowest BCUT2D eigenvalue weighted by atomic mass is 10.0. The number of hydrogen-bond acceptors (Lipinski definition) is 5. The summed E-state index contributed by atoms with van der Waals surface area (Å²) in [6, 6.07) is 11.5. The zero-order valence-electron chi connectivity index (χ0n) is 14.0. The van der Waals surface area contributed by atoms with Gasteiger partial charge in [0.15, 0.2) is 5.82 Å². The van der Waals surface area contributed by atoms with E-state index < -0.39 is 0 Å². The van der Waals surface area contributed by atoms with Crippen molar-refractivity contribution in [2.45, 2.75) is 24.3 Å². The van der Waals surface area contributed by atoms with Gasteiger partial charge in [0, 0.05) is 21.8 Å². The zero-order chi connectivity index (χ0) is 18.1. The van der Waals surface area contributed by atoms with Gasteiger partial charge < -0.3 is 9.84 Å². The van der Waals surface area contributed by atoms with Crippen LogP contribution in [-0.4, -0.2) is 21.8 Å². The van der Waals surface area contributed by atoms with Gasteiger partial charge in [0.25, 0.3) is 11.8 Å². The number of aromatic nitrogens is 2. The molecule has 3 aromatic rings. The maximum absolute atomic E-state index is 13.6. The van der Waals surface area contributed by atoms with E-state index >= 15 is 0 Å². The fourth-order valence-electron chi connectivity index (χ4n) is 2.94. The van der Waals surface area contributed by atoms with Crippen LogP contribution in [0.5, 0.6) is 0 Å². The minimum Gasteiger partial charge on any atom is -0.345 e. The van der Waals surface area contributed by atoms with E-state index in [1.54, 1.807) is 49.0 Å². The summed E-state index contributed by atoms with van der Waals surface area (Å²) in [5.74, 6) is 1.39. The summed E-state index contributed by atoms with van der Waals surface area (Å²) >= 11 is 1.68. The first-order valence-electron chi connectivity index (χ1n) is 8.24. The topological polar surface area (TPSA) is 68.0 Å². The van der Waals surface area contributed by atoms with Gasteiger partial charge in [-0.3, -0.25) is 4.79 Å². The van der Waals surface area contributed by atoms with Crippen molar-refractivity contribution in [1.29, 1.82) is 0 Å². The summed E-state index contributed by atoms with van der Waals surface area (Å²) in [7, 11) is 0. The van der Waals surface area contributed by atoms with Crippen molar-refractivity contribution in [3.8, 4) is 11.5 Å². The maximum Gasteiger partial charge on any atom is 0.257 e. The number of fused-ring (bicyclic) bond motifs is 1. The van der Waals surface area contributed by atoms with E-state index in [4.69, 9.17) is 4.52 Å². The van der Waals surface area contributed by atoms with Gasteiger partial charge in [0.2, 0.25) is 0 Å². The van der Waals surface area contributed by atoms with Gasteiger partial charge in [0.1, 0.15) is 5.82 Å². The largest absolute Gasteiger partial charge is 0.345 e. The highest BCUT2D eigenvalue weighted by Gasteiger charge is 2.23. The molecule has 1 aliphatic heterocycles. The number of thioether (sulfide) groups is 1. The summed E-state index contributed by atoms with van der Waals surface area (Å²) in [6.07, 6.45) is 0.770. The van der Waals surface area contributed by atoms with Crippen LogP contribution in [0.3, 0.4) is 0 Å². The monoisotopic (exact) mass is 369 g/mol. The SMILES string of the molecule is Cc1noc(-c2ccc(C(=O)NC3CCSc4ccc(F)cc43)cc2)n1. The average Bonchev–Trinajstić information content (AvgIpc) is 3.09. The molecular formula is C19H16FN3O2S. The molecule has 1 aliphatic rings. The molecule has 1 unspecified atom stereocenters. The van der Waals surface area contributed by atoms with Gasteiger partial charge in [-0.05, 0) is 61.4 Å². The van der Waals surface area contributed by atoms with E-state index in [-0.39, 0.29) is 17.8 Å². The number of hydrogen-bond donors (Lipinski definition) is 1. The molecule has 0 saturated heterocycles. The highest BCUT2D eigenvalue weighted by atomic mass is 32.2. The lowest BCUT2D eigenvalue weighted by Crippen LogP contribution is -2.30. The number of carbonyl (C=O) groups excluding carboxylic acids is 1. The second kappa shape index (κ2) is 6.92. The Hall–Kier alpha value is -2.67. The Bertz CT molecular complexity index is 956. The standard InChI is InChI=1S/C19H16FN3O2S/c1-11-21-19(25-23-11)13-4-2-12(3-5-13)18(24)22-16-8-9-26-17-7-6-14(20)10-15(16)17/h2-7,10,16H,8-9H2,1H3,(H,22,24). The second-order valence-electron chi connectivity index (χ2n) is 6.07. The summed E-state index contributed by atoms with van der Waals surface area (Å²) in [5, 5.41) is 6.77. The van der Waals surface area contributed by atoms with Gasteiger partial charge >= 0.3 is 0 Å². The number of aryl methyl sites for hydroxylation is 1. The van der Waals surface area contributed by atoms with Crippen LogP contribution in [-0.2, 0) is 0 Å². The van der Waals surface area contributed by atoms with Crippen LogP contribution in [0.15, 0.2) is 51.9 Å². The predicted molar refractivity (Wildman–Crippen MR) is 96.4 cm³/mol. The Labute approximate surface area is 154 Å². The Morgan fingerprint density at radius 2 is 2.08 bits per heavy atom. The molecule has 2 heterocycles. The van der Waals surface area contributed by atoms with E-state index in [0.717, 1.165) is 28.2 Å². The third-order valence-electron chi connectivity index (χ3n) is 4.24. The number of benzene rings is 2. The Kier molecular flexibility index (Phi) is 4.46. The fraction of sp³-hybridized carbons (Fsp3) is 0.211. The second-order valence-corrected chi connectivity index (χ2v) is 7.21. The summed E-state index contributed by atoms with van der Waals surface area (Å²) in [6.45, 7) is 1.75. The lowest BCUT2D eigenvalue weighted by Gasteiger charge is -2.26. The van der Waals surface area contributed by atoms with Crippen LogP contribution < -0.4 is 5.32 Å². The van der Waals surface area contributed by atoms with Gasteiger partial charge in [0.05, 0.1) is 6.04 Å². The number of halogens is 1. The molecule has 5 nitrogen and oxygen atoms in total. The molecule has 0 bridgehead atoms. The molecule has 0 aliphatic carbocycles. The molecular weight excluding hydrogens is 353 g/mol. The fourth-order valence-corrected chi connectivity index (χ4v) is 4.04. The van der Waals surface area contributed by atoms with E-state index in [0.29, 0.717) is 17.3 Å². The maximum atomic E-state index is 13.6. The number of amides is 1. The molecule has 0 saturated carbocycles. The van der Waals surface area contributed by atoms with E-state index in [1.807, 2.05) is 0 Å². The molecule has 0 spiro atoms. The third kappa shape index (κ3) is 3.35. The molecule has 1 N–H and O–H groups in total. The van der Waals surface area contributed by atoms with Crippen molar-refractivity contribution in [2.24, 2.45) is 0 Å². The molecule has 4 rings (SSSR count). The quantitative estimate of drug-likeness (QED) is 0.751. The number of nitrogens with zero attached hydrogens (tertiary/aromatic N) is 2. The molecule has 7 heteroatoms. The molecule has 0 radical (unpaired) electrons. The van der Waals surface area contributed by atoms with Gasteiger partial charge in [-0.2, -0.15) is 4.98 Å². The van der Waals surface area contributed by atoms with E-state index in [1.165, 1.54) is 12.1 Å². The van der Waals surface area contributed by atoms with Crippen LogP contribution in [0.2, 0.25) is 0 Å². The minimum atomic E-state index is -0.287. The molecule has 26 heavy (non-hydrogen) atoms. The third-order valence-corrected chi connectivity index (χ3v) is 5.36. The first-order valence-corrected chi connectivity index (χ1v) is 9.22. The van der Waals surface area contributed by atoms with Crippen molar-refractivity contribution in [3.63, 3.8) is 0 Å². The predicted octanol–water partition coefficient (Wildman–Crippen LogP) is 4.15. The molecule has 1 aromatic heterocycles. The Morgan fingerprint density at radius 3 is 2.81 bits per heavy atom. The van der Waals surface area contributed by atoms with Crippen molar-refractivity contribution < 1.29 is 13.7 Å². The van der Waals surface area contributed by atoms with Gasteiger partial charge in [-0.15, -0.1) is 11.8 Å². The Morgan fingerprint density at radius 1 is 1.27 bits per heavy atom. The van der Waals surface area contributed by atoms with Crippen LogP contribution in [0.4, 0.5) is 4.39 Å². The summed E-state index contributed by atoms with van der Waals surface area (Å²) in [5.41, 5.74) is 2.12. The molecule has 1 atom stereocenters. The van der Waals surface area contributed by atoms with Crippen molar-refractivity contribution >= 4 is 17.7 Å². The number of nitrogens with one attached hydrogen (secondary N) is 1. The van der Waals surface area contributed by atoms with Crippen LogP contribution in [0.25, 0.3) is 11.5 Å². The normalized spacial score (nSPS) is 16.2. The zero-order valence-corrected chi connectivity index (χ0v) is 14.8. The molecule has 0 fully saturated rings. The summed E-state index contributed by atoms with van der Waals surface area (Å²) < 4.78 is 18.7.